The van der Waals surface area contributed by atoms with Crippen LogP contribution in [0.1, 0.15) is 60.3 Å². The van der Waals surface area contributed by atoms with Crippen LogP contribution in [0.25, 0.3) is 6.08 Å². The third kappa shape index (κ3) is 8.41. The summed E-state index contributed by atoms with van der Waals surface area (Å²) in [5.41, 5.74) is 4.15. The van der Waals surface area contributed by atoms with E-state index in [1.807, 2.05) is 97.1 Å². The van der Waals surface area contributed by atoms with E-state index in [0.717, 1.165) is 22.3 Å². The maximum absolute atomic E-state index is 14.5. The van der Waals surface area contributed by atoms with Gasteiger partial charge < -0.3 is 9.47 Å². The van der Waals surface area contributed by atoms with Crippen LogP contribution >= 0.6 is 0 Å². The summed E-state index contributed by atoms with van der Waals surface area (Å²) in [6.07, 6.45) is 2.08. The number of hydrazone groups is 1. The molecule has 1 heterocycles. The molecule has 0 unspecified atom stereocenters. The number of carbonyl (C=O) groups is 3. The first-order valence-electron chi connectivity index (χ1n) is 15.7. The van der Waals surface area contributed by atoms with E-state index in [4.69, 9.17) is 14.6 Å². The minimum absolute atomic E-state index is 0.107. The third-order valence-electron chi connectivity index (χ3n) is 7.38. The van der Waals surface area contributed by atoms with Crippen LogP contribution in [0.5, 0.6) is 0 Å². The van der Waals surface area contributed by atoms with Gasteiger partial charge in [-0.3, -0.25) is 4.90 Å². The molecule has 4 aromatic carbocycles. The maximum Gasteiger partial charge on any atom is 0.345 e. The van der Waals surface area contributed by atoms with E-state index >= 15 is 0 Å². The topological polar surface area (TPSA) is 88.5 Å². The number of amides is 2. The summed E-state index contributed by atoms with van der Waals surface area (Å²) in [6.45, 7) is 7.56. The number of nitrogens with zero attached hydrogens (tertiary/aromatic N) is 3. The second-order valence-corrected chi connectivity index (χ2v) is 12.1. The van der Waals surface area contributed by atoms with Gasteiger partial charge in [-0.15, -0.1) is 0 Å². The zero-order valence-electron chi connectivity index (χ0n) is 27.1. The minimum Gasteiger partial charge on any atom is -0.462 e. The normalized spacial score (nSPS) is 14.6. The van der Waals surface area contributed by atoms with Gasteiger partial charge in [-0.05, 0) is 57.0 Å². The van der Waals surface area contributed by atoms with Crippen molar-refractivity contribution in [2.45, 2.75) is 45.8 Å². The predicted octanol–water partition coefficient (Wildman–Crippen LogP) is 7.35. The Bertz CT molecular complexity index is 1700. The molecule has 8 heteroatoms. The van der Waals surface area contributed by atoms with Crippen LogP contribution in [-0.4, -0.2) is 58.4 Å². The molecule has 0 saturated carbocycles. The Balaban J connectivity index is 1.61. The number of urea groups is 1. The van der Waals surface area contributed by atoms with Gasteiger partial charge in [-0.25, -0.2) is 19.4 Å². The molecule has 1 aliphatic rings. The molecular formula is C39H39N3O5. The zero-order valence-corrected chi connectivity index (χ0v) is 27.1. The number of benzene rings is 4. The lowest BCUT2D eigenvalue weighted by molar-refractivity contribution is -0.159. The molecule has 0 aromatic heterocycles. The fraction of sp³-hybridized carbons (Fsp3) is 0.231. The molecule has 1 aliphatic heterocycles. The smallest absolute Gasteiger partial charge is 0.345 e. The Labute approximate surface area is 275 Å². The quantitative estimate of drug-likeness (QED) is 0.135. The summed E-state index contributed by atoms with van der Waals surface area (Å²) in [5, 5.41) is 6.32. The fourth-order valence-electron chi connectivity index (χ4n) is 5.28. The van der Waals surface area contributed by atoms with Gasteiger partial charge in [0.2, 0.25) is 0 Å². The van der Waals surface area contributed by atoms with Crippen molar-refractivity contribution in [2.75, 3.05) is 13.2 Å². The Hall–Kier alpha value is -5.50. The van der Waals surface area contributed by atoms with E-state index in [1.165, 1.54) is 9.91 Å². The summed E-state index contributed by atoms with van der Waals surface area (Å²) in [4.78, 5) is 42.1. The van der Waals surface area contributed by atoms with Crippen molar-refractivity contribution < 1.29 is 23.9 Å². The molecule has 0 radical (unpaired) electrons. The number of esters is 2. The van der Waals surface area contributed by atoms with Crippen molar-refractivity contribution >= 4 is 29.8 Å². The molecule has 0 aliphatic carbocycles. The Morgan fingerprint density at radius 1 is 0.809 bits per heavy atom. The number of rotatable bonds is 10. The fourth-order valence-corrected chi connectivity index (χ4v) is 5.28. The van der Waals surface area contributed by atoms with Crippen molar-refractivity contribution in [3.05, 3.63) is 149 Å². The molecule has 240 valence electrons. The van der Waals surface area contributed by atoms with Crippen molar-refractivity contribution in [3.63, 3.8) is 0 Å². The van der Waals surface area contributed by atoms with Gasteiger partial charge in [0.25, 0.3) is 0 Å². The average molecular weight is 630 g/mol. The van der Waals surface area contributed by atoms with Gasteiger partial charge in [-0.1, -0.05) is 103 Å². The van der Waals surface area contributed by atoms with Gasteiger partial charge in [0.1, 0.15) is 11.6 Å². The highest BCUT2D eigenvalue weighted by Crippen LogP contribution is 2.29. The van der Waals surface area contributed by atoms with Crippen LogP contribution in [0.2, 0.25) is 0 Å². The maximum atomic E-state index is 14.5. The molecule has 0 N–H and O–H groups in total. The highest BCUT2D eigenvalue weighted by Gasteiger charge is 2.43. The predicted molar refractivity (Wildman–Crippen MR) is 183 cm³/mol. The van der Waals surface area contributed by atoms with Crippen LogP contribution in [0.4, 0.5) is 4.79 Å². The van der Waals surface area contributed by atoms with Gasteiger partial charge in [0.15, 0.2) is 0 Å². The van der Waals surface area contributed by atoms with Gasteiger partial charge in [0, 0.05) is 23.2 Å². The standard InChI is InChI=1S/C39H39N3O5/c1-5-46-36(43)32-23-21-29(22-24-32)25-33-27-41(40-35(30-17-11-7-12-18-30)31-19-13-8-14-20-31)38(45)42(33)34(37(44)47-39(2,3)4)26-28-15-9-6-10-16-28/h6-25,34H,5,26-27H2,1-4H3/t34-/m1/s1. The van der Waals surface area contributed by atoms with Crippen molar-refractivity contribution in [1.29, 1.82) is 0 Å². The highest BCUT2D eigenvalue weighted by molar-refractivity contribution is 6.13. The number of hydrogen-bond donors (Lipinski definition) is 0. The summed E-state index contributed by atoms with van der Waals surface area (Å²) in [5.74, 6) is -0.928. The highest BCUT2D eigenvalue weighted by atomic mass is 16.6. The molecule has 1 fully saturated rings. The molecule has 0 spiro atoms. The van der Waals surface area contributed by atoms with Crippen LogP contribution in [0, 0.1) is 0 Å². The molecule has 8 nitrogen and oxygen atoms in total. The molecule has 47 heavy (non-hydrogen) atoms. The molecule has 0 bridgehead atoms. The van der Waals surface area contributed by atoms with E-state index in [2.05, 4.69) is 0 Å². The van der Waals surface area contributed by atoms with Crippen molar-refractivity contribution in [1.82, 2.24) is 9.91 Å². The van der Waals surface area contributed by atoms with E-state index < -0.39 is 29.6 Å². The molecule has 1 atom stereocenters. The van der Waals surface area contributed by atoms with Crippen molar-refractivity contribution in [2.24, 2.45) is 5.10 Å². The van der Waals surface area contributed by atoms with Crippen molar-refractivity contribution in [3.8, 4) is 0 Å². The first-order valence-corrected chi connectivity index (χ1v) is 15.7. The van der Waals surface area contributed by atoms with Crippen LogP contribution in [0.3, 0.4) is 0 Å². The van der Waals surface area contributed by atoms with E-state index in [1.54, 1.807) is 52.0 Å². The Morgan fingerprint density at radius 3 is 1.89 bits per heavy atom. The van der Waals surface area contributed by atoms with E-state index in [9.17, 15) is 14.4 Å². The first-order chi connectivity index (χ1) is 22.6. The second kappa shape index (κ2) is 14.7. The summed E-state index contributed by atoms with van der Waals surface area (Å²) in [6, 6.07) is 34.4. The van der Waals surface area contributed by atoms with Gasteiger partial charge in [0.05, 0.1) is 24.4 Å². The lowest BCUT2D eigenvalue weighted by Gasteiger charge is -2.30. The summed E-state index contributed by atoms with van der Waals surface area (Å²) in [7, 11) is 0. The molecule has 4 aromatic rings. The van der Waals surface area contributed by atoms with Crippen LogP contribution in [-0.2, 0) is 20.7 Å². The Morgan fingerprint density at radius 2 is 1.36 bits per heavy atom. The molecular weight excluding hydrogens is 590 g/mol. The third-order valence-corrected chi connectivity index (χ3v) is 7.38. The largest absolute Gasteiger partial charge is 0.462 e. The van der Waals surface area contributed by atoms with Gasteiger partial charge in [-0.2, -0.15) is 5.10 Å². The second-order valence-electron chi connectivity index (χ2n) is 12.1. The van der Waals surface area contributed by atoms with Gasteiger partial charge >= 0.3 is 18.0 Å². The lowest BCUT2D eigenvalue weighted by Crippen LogP contribution is -2.46. The Kier molecular flexibility index (Phi) is 10.3. The molecule has 5 rings (SSSR count). The van der Waals surface area contributed by atoms with E-state index in [-0.39, 0.29) is 19.6 Å². The number of carbonyl (C=O) groups excluding carboxylic acids is 3. The zero-order chi connectivity index (χ0) is 33.4. The van der Waals surface area contributed by atoms with Crippen LogP contribution < -0.4 is 0 Å². The molecule has 2 amide bonds. The molecule has 1 saturated heterocycles. The monoisotopic (exact) mass is 629 g/mol. The number of ether oxygens (including phenoxy) is 2. The number of hydrogen-bond acceptors (Lipinski definition) is 6. The SMILES string of the molecule is CCOC(=O)c1ccc(C=C2CN(N=C(c3ccccc3)c3ccccc3)C(=O)N2[C@H](Cc2ccccc2)C(=O)OC(C)(C)C)cc1. The van der Waals surface area contributed by atoms with Crippen LogP contribution in [0.15, 0.2) is 126 Å². The van der Waals surface area contributed by atoms with E-state index in [0.29, 0.717) is 17.0 Å². The average Bonchev–Trinajstić information content (AvgIpc) is 3.36. The lowest BCUT2D eigenvalue weighted by atomic mass is 10.0. The first kappa shape index (κ1) is 32.9. The summed E-state index contributed by atoms with van der Waals surface area (Å²) < 4.78 is 11.0. The minimum atomic E-state index is -0.966. The summed E-state index contributed by atoms with van der Waals surface area (Å²) >= 11 is 0.